The highest BCUT2D eigenvalue weighted by Crippen LogP contribution is 2.23. The van der Waals surface area contributed by atoms with E-state index >= 15 is 0 Å². The lowest BCUT2D eigenvalue weighted by atomic mass is 10.0. The fraction of sp³-hybridized carbons (Fsp3) is 0.586. The van der Waals surface area contributed by atoms with Crippen LogP contribution < -0.4 is 5.32 Å². The molecule has 0 heterocycles. The molecule has 0 amide bonds. The van der Waals surface area contributed by atoms with Crippen LogP contribution in [0.25, 0.3) is 0 Å². The molecule has 2 heteroatoms. The van der Waals surface area contributed by atoms with Crippen molar-refractivity contribution in [2.75, 3.05) is 11.9 Å². The van der Waals surface area contributed by atoms with Gasteiger partial charge in [-0.1, -0.05) is 133 Å². The molecule has 0 saturated carbocycles. The lowest BCUT2D eigenvalue weighted by Gasteiger charge is -2.13. The Kier molecular flexibility index (Phi) is 13.8. The van der Waals surface area contributed by atoms with Crippen molar-refractivity contribution in [1.29, 1.82) is 0 Å². The predicted octanol–water partition coefficient (Wildman–Crippen LogP) is 8.66. The highest BCUT2D eigenvalue weighted by molar-refractivity contribution is 5.46. The number of unbranched alkanes of at least 4 members (excludes halogenated alkanes) is 13. The number of hydrogen-bond donors (Lipinski definition) is 2. The first-order valence-corrected chi connectivity index (χ1v) is 12.9. The van der Waals surface area contributed by atoms with Crippen molar-refractivity contribution in [2.45, 2.75) is 103 Å². The summed E-state index contributed by atoms with van der Waals surface area (Å²) < 4.78 is 0. The lowest BCUT2D eigenvalue weighted by Crippen LogP contribution is -2.03. The van der Waals surface area contributed by atoms with Gasteiger partial charge in [-0.15, -0.1) is 0 Å². The molecular formula is C29H45NO. The number of anilines is 1. The van der Waals surface area contributed by atoms with Gasteiger partial charge in [0.15, 0.2) is 0 Å². The molecule has 0 aliphatic rings. The van der Waals surface area contributed by atoms with Crippen molar-refractivity contribution < 1.29 is 5.11 Å². The van der Waals surface area contributed by atoms with E-state index < -0.39 is 6.10 Å². The van der Waals surface area contributed by atoms with Gasteiger partial charge in [0, 0.05) is 12.2 Å². The molecule has 2 N–H and O–H groups in total. The maximum Gasteiger partial charge on any atom is 0.104 e. The van der Waals surface area contributed by atoms with E-state index in [-0.39, 0.29) is 0 Å². The number of benzene rings is 2. The van der Waals surface area contributed by atoms with Crippen LogP contribution in [0.5, 0.6) is 0 Å². The minimum atomic E-state index is -0.555. The average Bonchev–Trinajstić information content (AvgIpc) is 2.82. The van der Waals surface area contributed by atoms with Gasteiger partial charge in [0.1, 0.15) is 6.10 Å². The number of nitrogens with one attached hydrogen (secondary N) is 1. The number of rotatable bonds is 18. The summed E-state index contributed by atoms with van der Waals surface area (Å²) in [4.78, 5) is 0. The second-order valence-corrected chi connectivity index (χ2v) is 8.96. The Bertz CT molecular complexity index is 652. The molecule has 2 aromatic carbocycles. The lowest BCUT2D eigenvalue weighted by molar-refractivity contribution is 0.220. The first kappa shape index (κ1) is 25.5. The van der Waals surface area contributed by atoms with Crippen LogP contribution in [0.3, 0.4) is 0 Å². The molecule has 0 aliphatic carbocycles. The summed E-state index contributed by atoms with van der Waals surface area (Å²) in [5.74, 6) is 0. The Morgan fingerprint density at radius 3 is 1.55 bits per heavy atom. The van der Waals surface area contributed by atoms with Gasteiger partial charge in [0.25, 0.3) is 0 Å². The Morgan fingerprint density at radius 2 is 1.03 bits per heavy atom. The molecule has 0 bridgehead atoms. The van der Waals surface area contributed by atoms with E-state index in [4.69, 9.17) is 0 Å². The van der Waals surface area contributed by atoms with Gasteiger partial charge in [-0.25, -0.2) is 0 Å². The molecule has 31 heavy (non-hydrogen) atoms. The van der Waals surface area contributed by atoms with Gasteiger partial charge in [-0.3, -0.25) is 0 Å². The molecular weight excluding hydrogens is 378 g/mol. The third-order valence-electron chi connectivity index (χ3n) is 6.20. The third kappa shape index (κ3) is 11.4. The molecule has 1 atom stereocenters. The Morgan fingerprint density at radius 1 is 0.581 bits per heavy atom. The van der Waals surface area contributed by atoms with Gasteiger partial charge >= 0.3 is 0 Å². The van der Waals surface area contributed by atoms with Gasteiger partial charge in [0.05, 0.1) is 0 Å². The van der Waals surface area contributed by atoms with Gasteiger partial charge in [-0.2, -0.15) is 0 Å². The molecule has 0 aliphatic heterocycles. The van der Waals surface area contributed by atoms with Crippen LogP contribution in [0.15, 0.2) is 54.6 Å². The number of aliphatic hydroxyl groups is 1. The van der Waals surface area contributed by atoms with Crippen LogP contribution in [0.1, 0.15) is 114 Å². The zero-order valence-electron chi connectivity index (χ0n) is 19.8. The summed E-state index contributed by atoms with van der Waals surface area (Å²) in [6.07, 6.45) is 19.0. The van der Waals surface area contributed by atoms with E-state index in [9.17, 15) is 5.11 Å². The van der Waals surface area contributed by atoms with Crippen molar-refractivity contribution in [2.24, 2.45) is 0 Å². The highest BCUT2D eigenvalue weighted by Gasteiger charge is 2.09. The van der Waals surface area contributed by atoms with E-state index in [0.717, 1.165) is 23.4 Å². The molecule has 2 nitrogen and oxygen atoms in total. The zero-order chi connectivity index (χ0) is 22.0. The highest BCUT2D eigenvalue weighted by atomic mass is 16.3. The van der Waals surface area contributed by atoms with Crippen LogP contribution in [0.2, 0.25) is 0 Å². The Balaban J connectivity index is 1.43. The van der Waals surface area contributed by atoms with E-state index in [1.54, 1.807) is 0 Å². The van der Waals surface area contributed by atoms with Crippen LogP contribution in [0, 0.1) is 0 Å². The van der Waals surface area contributed by atoms with Crippen molar-refractivity contribution >= 4 is 5.69 Å². The van der Waals surface area contributed by atoms with Gasteiger partial charge in [-0.05, 0) is 29.7 Å². The number of hydrogen-bond acceptors (Lipinski definition) is 2. The second-order valence-electron chi connectivity index (χ2n) is 8.96. The summed E-state index contributed by atoms with van der Waals surface area (Å²) in [5.41, 5.74) is 3.01. The van der Waals surface area contributed by atoms with Crippen LogP contribution >= 0.6 is 0 Å². The minimum absolute atomic E-state index is 0.555. The van der Waals surface area contributed by atoms with Crippen molar-refractivity contribution in [3.8, 4) is 0 Å². The largest absolute Gasteiger partial charge is 0.385 e. The molecule has 1 unspecified atom stereocenters. The smallest absolute Gasteiger partial charge is 0.104 e. The summed E-state index contributed by atoms with van der Waals surface area (Å²) in [5, 5.41) is 14.0. The van der Waals surface area contributed by atoms with Crippen LogP contribution in [-0.2, 0) is 0 Å². The molecule has 2 rings (SSSR count). The second kappa shape index (κ2) is 16.8. The quantitative estimate of drug-likeness (QED) is 0.235. The first-order valence-electron chi connectivity index (χ1n) is 12.9. The first-order chi connectivity index (χ1) is 15.3. The third-order valence-corrected chi connectivity index (χ3v) is 6.20. The van der Waals surface area contributed by atoms with Crippen LogP contribution in [0.4, 0.5) is 5.69 Å². The molecule has 0 fully saturated rings. The zero-order valence-corrected chi connectivity index (χ0v) is 19.8. The van der Waals surface area contributed by atoms with E-state index in [2.05, 4.69) is 24.4 Å². The van der Waals surface area contributed by atoms with Crippen LogP contribution in [-0.4, -0.2) is 11.7 Å². The van der Waals surface area contributed by atoms with E-state index in [1.165, 1.54) is 89.9 Å². The fourth-order valence-corrected chi connectivity index (χ4v) is 4.16. The van der Waals surface area contributed by atoms with Crippen molar-refractivity contribution in [1.82, 2.24) is 0 Å². The Hall–Kier alpha value is -1.80. The molecule has 172 valence electrons. The van der Waals surface area contributed by atoms with Crippen molar-refractivity contribution in [3.05, 3.63) is 65.7 Å². The minimum Gasteiger partial charge on any atom is -0.385 e. The molecule has 0 saturated heterocycles. The van der Waals surface area contributed by atoms with Crippen molar-refractivity contribution in [3.63, 3.8) is 0 Å². The monoisotopic (exact) mass is 423 g/mol. The summed E-state index contributed by atoms with van der Waals surface area (Å²) in [6, 6.07) is 18.0. The molecule has 2 aromatic rings. The molecule has 0 aromatic heterocycles. The summed E-state index contributed by atoms with van der Waals surface area (Å²) >= 11 is 0. The van der Waals surface area contributed by atoms with Gasteiger partial charge in [0.2, 0.25) is 0 Å². The number of aliphatic hydroxyl groups excluding tert-OH is 1. The SMILES string of the molecule is CCCCCCCCCCCCCCCCNc1ccc(C(O)c2ccccc2)cc1. The standard InChI is InChI=1S/C29H45NO/c1-2-3-4-5-6-7-8-9-10-11-12-13-14-18-25-30-28-23-21-27(22-24-28)29(31)26-19-16-15-17-20-26/h15-17,19-24,29-31H,2-14,18,25H2,1H3. The van der Waals surface area contributed by atoms with E-state index in [1.807, 2.05) is 42.5 Å². The predicted molar refractivity (Wildman–Crippen MR) is 136 cm³/mol. The molecule has 0 spiro atoms. The summed E-state index contributed by atoms with van der Waals surface area (Å²) in [6.45, 7) is 3.31. The topological polar surface area (TPSA) is 32.3 Å². The normalized spacial score (nSPS) is 12.1. The average molecular weight is 424 g/mol. The van der Waals surface area contributed by atoms with Gasteiger partial charge < -0.3 is 10.4 Å². The maximum atomic E-state index is 10.5. The summed E-state index contributed by atoms with van der Waals surface area (Å²) in [7, 11) is 0. The van der Waals surface area contributed by atoms with E-state index in [0.29, 0.717) is 0 Å². The Labute approximate surface area is 191 Å². The fourth-order valence-electron chi connectivity index (χ4n) is 4.16. The molecule has 0 radical (unpaired) electrons. The maximum absolute atomic E-state index is 10.5.